The first-order chi connectivity index (χ1) is 9.76. The lowest BCUT2D eigenvalue weighted by Gasteiger charge is -2.29. The topological polar surface area (TPSA) is 47.5 Å². The highest BCUT2D eigenvalue weighted by Crippen LogP contribution is 2.31. The van der Waals surface area contributed by atoms with E-state index in [1.54, 1.807) is 19.6 Å². The van der Waals surface area contributed by atoms with Gasteiger partial charge in [0.2, 0.25) is 0 Å². The van der Waals surface area contributed by atoms with Gasteiger partial charge in [0.15, 0.2) is 0 Å². The Bertz CT molecular complexity index is 595. The molecule has 3 rings (SSSR count). The lowest BCUT2D eigenvalue weighted by molar-refractivity contribution is 0.115. The number of likely N-dealkylation sites (tertiary alicyclic amines) is 1. The van der Waals surface area contributed by atoms with Crippen LogP contribution in [0.1, 0.15) is 12.8 Å². The van der Waals surface area contributed by atoms with Gasteiger partial charge < -0.3 is 14.4 Å². The lowest BCUT2D eigenvalue weighted by Crippen LogP contribution is -2.35. The van der Waals surface area contributed by atoms with E-state index >= 15 is 0 Å². The second-order valence-corrected chi connectivity index (χ2v) is 5.20. The summed E-state index contributed by atoms with van der Waals surface area (Å²) in [6.07, 6.45) is 5.68. The fourth-order valence-corrected chi connectivity index (χ4v) is 2.52. The Morgan fingerprint density at radius 3 is 2.80 bits per heavy atom. The number of ether oxygens (including phenoxy) is 2. The smallest absolute Gasteiger partial charge is 0.134 e. The molecule has 2 heterocycles. The Balaban J connectivity index is 1.89. The molecule has 1 aliphatic heterocycles. The Labute approximate surface area is 118 Å². The standard InChI is InChI=1S/C15H19N3O2/c1-18-5-3-11(4-6-18)20-15-8-12(19-2)7-14-13(15)9-16-10-17-14/h7-11H,3-6H2,1-2H3. The number of methoxy groups -OCH3 is 1. The number of aromatic nitrogens is 2. The van der Waals surface area contributed by atoms with E-state index in [4.69, 9.17) is 9.47 Å². The average Bonchev–Trinajstić information content (AvgIpc) is 2.49. The number of hydrogen-bond donors (Lipinski definition) is 0. The van der Waals surface area contributed by atoms with Crippen molar-refractivity contribution in [1.82, 2.24) is 14.9 Å². The van der Waals surface area contributed by atoms with Crippen molar-refractivity contribution in [1.29, 1.82) is 0 Å². The van der Waals surface area contributed by atoms with Gasteiger partial charge in [0, 0.05) is 31.4 Å². The highest BCUT2D eigenvalue weighted by molar-refractivity contribution is 5.85. The minimum Gasteiger partial charge on any atom is -0.497 e. The van der Waals surface area contributed by atoms with Crippen molar-refractivity contribution in [3.05, 3.63) is 24.7 Å². The molecule has 106 valence electrons. The van der Waals surface area contributed by atoms with Crippen molar-refractivity contribution < 1.29 is 9.47 Å². The number of hydrogen-bond acceptors (Lipinski definition) is 5. The van der Waals surface area contributed by atoms with Crippen molar-refractivity contribution in [2.24, 2.45) is 0 Å². The van der Waals surface area contributed by atoms with Crippen molar-refractivity contribution >= 4 is 10.9 Å². The molecule has 20 heavy (non-hydrogen) atoms. The molecule has 1 fully saturated rings. The maximum atomic E-state index is 6.17. The van der Waals surface area contributed by atoms with E-state index in [9.17, 15) is 0 Å². The first kappa shape index (κ1) is 13.1. The molecule has 5 heteroatoms. The normalized spacial score (nSPS) is 17.3. The largest absolute Gasteiger partial charge is 0.497 e. The predicted octanol–water partition coefficient (Wildman–Crippen LogP) is 2.11. The summed E-state index contributed by atoms with van der Waals surface area (Å²) in [6.45, 7) is 2.14. The molecule has 0 radical (unpaired) electrons. The Morgan fingerprint density at radius 2 is 2.05 bits per heavy atom. The van der Waals surface area contributed by atoms with Crippen LogP contribution in [0.15, 0.2) is 24.7 Å². The molecular weight excluding hydrogens is 254 g/mol. The van der Waals surface area contributed by atoms with Gasteiger partial charge in [-0.25, -0.2) is 9.97 Å². The van der Waals surface area contributed by atoms with Gasteiger partial charge in [-0.05, 0) is 19.9 Å². The van der Waals surface area contributed by atoms with Crippen LogP contribution in [0.25, 0.3) is 10.9 Å². The quantitative estimate of drug-likeness (QED) is 0.857. The van der Waals surface area contributed by atoms with Gasteiger partial charge in [0.1, 0.15) is 23.9 Å². The van der Waals surface area contributed by atoms with Gasteiger partial charge in [0.25, 0.3) is 0 Å². The lowest BCUT2D eigenvalue weighted by atomic mass is 10.1. The van der Waals surface area contributed by atoms with E-state index in [1.165, 1.54) is 0 Å². The molecule has 5 nitrogen and oxygen atoms in total. The van der Waals surface area contributed by atoms with Crippen LogP contribution in [-0.4, -0.2) is 48.2 Å². The van der Waals surface area contributed by atoms with E-state index in [0.717, 1.165) is 48.3 Å². The molecule has 0 atom stereocenters. The summed E-state index contributed by atoms with van der Waals surface area (Å²) >= 11 is 0. The summed E-state index contributed by atoms with van der Waals surface area (Å²) in [6, 6.07) is 3.82. The van der Waals surface area contributed by atoms with Crippen LogP contribution in [0.5, 0.6) is 11.5 Å². The van der Waals surface area contributed by atoms with Gasteiger partial charge in [-0.1, -0.05) is 0 Å². The monoisotopic (exact) mass is 273 g/mol. The molecule has 0 N–H and O–H groups in total. The predicted molar refractivity (Wildman–Crippen MR) is 77.2 cm³/mol. The summed E-state index contributed by atoms with van der Waals surface area (Å²) in [5.41, 5.74) is 0.849. The molecule has 0 aliphatic carbocycles. The second-order valence-electron chi connectivity index (χ2n) is 5.20. The molecule has 0 unspecified atom stereocenters. The number of benzene rings is 1. The molecule has 1 aromatic heterocycles. The third kappa shape index (κ3) is 2.67. The highest BCUT2D eigenvalue weighted by atomic mass is 16.5. The molecule has 0 bridgehead atoms. The molecule has 0 amide bonds. The number of rotatable bonds is 3. The highest BCUT2D eigenvalue weighted by Gasteiger charge is 2.19. The van der Waals surface area contributed by atoms with E-state index in [1.807, 2.05) is 12.1 Å². The molecule has 2 aromatic rings. The second kappa shape index (κ2) is 5.63. The van der Waals surface area contributed by atoms with Crippen LogP contribution in [0.4, 0.5) is 0 Å². The number of fused-ring (bicyclic) bond motifs is 1. The third-order valence-electron chi connectivity index (χ3n) is 3.76. The van der Waals surface area contributed by atoms with Crippen molar-refractivity contribution in [3.8, 4) is 11.5 Å². The first-order valence-electron chi connectivity index (χ1n) is 6.89. The maximum absolute atomic E-state index is 6.17. The molecule has 0 spiro atoms. The summed E-state index contributed by atoms with van der Waals surface area (Å²) < 4.78 is 11.5. The van der Waals surface area contributed by atoms with Crippen molar-refractivity contribution in [2.45, 2.75) is 18.9 Å². The van der Waals surface area contributed by atoms with E-state index in [-0.39, 0.29) is 6.10 Å². The van der Waals surface area contributed by atoms with Crippen LogP contribution >= 0.6 is 0 Å². The Hall–Kier alpha value is -1.88. The Morgan fingerprint density at radius 1 is 1.25 bits per heavy atom. The van der Waals surface area contributed by atoms with Crippen LogP contribution in [0, 0.1) is 0 Å². The van der Waals surface area contributed by atoms with Gasteiger partial charge in [-0.2, -0.15) is 0 Å². The zero-order valence-electron chi connectivity index (χ0n) is 11.9. The average molecular weight is 273 g/mol. The SMILES string of the molecule is COc1cc(OC2CCN(C)CC2)c2cncnc2c1. The van der Waals surface area contributed by atoms with E-state index < -0.39 is 0 Å². The van der Waals surface area contributed by atoms with Crippen molar-refractivity contribution in [2.75, 3.05) is 27.2 Å². The third-order valence-corrected chi connectivity index (χ3v) is 3.76. The molecule has 1 aromatic carbocycles. The number of piperidine rings is 1. The zero-order valence-corrected chi connectivity index (χ0v) is 11.9. The maximum Gasteiger partial charge on any atom is 0.134 e. The number of nitrogens with zero attached hydrogens (tertiary/aromatic N) is 3. The van der Waals surface area contributed by atoms with Gasteiger partial charge in [-0.15, -0.1) is 0 Å². The summed E-state index contributed by atoms with van der Waals surface area (Å²) in [4.78, 5) is 10.7. The zero-order chi connectivity index (χ0) is 13.9. The molecule has 1 saturated heterocycles. The molecule has 0 saturated carbocycles. The van der Waals surface area contributed by atoms with Crippen LogP contribution in [-0.2, 0) is 0 Å². The van der Waals surface area contributed by atoms with Crippen LogP contribution in [0.3, 0.4) is 0 Å². The van der Waals surface area contributed by atoms with Gasteiger partial charge in [0.05, 0.1) is 18.0 Å². The first-order valence-corrected chi connectivity index (χ1v) is 6.89. The van der Waals surface area contributed by atoms with Crippen molar-refractivity contribution in [3.63, 3.8) is 0 Å². The molecular formula is C15H19N3O2. The fourth-order valence-electron chi connectivity index (χ4n) is 2.52. The van der Waals surface area contributed by atoms with Crippen LogP contribution < -0.4 is 9.47 Å². The molecule has 1 aliphatic rings. The van der Waals surface area contributed by atoms with Gasteiger partial charge >= 0.3 is 0 Å². The van der Waals surface area contributed by atoms with E-state index in [0.29, 0.717) is 0 Å². The van der Waals surface area contributed by atoms with Gasteiger partial charge in [-0.3, -0.25) is 0 Å². The summed E-state index contributed by atoms with van der Waals surface area (Å²) in [5, 5.41) is 0.937. The minimum atomic E-state index is 0.252. The minimum absolute atomic E-state index is 0.252. The summed E-state index contributed by atoms with van der Waals surface area (Å²) in [5.74, 6) is 1.58. The van der Waals surface area contributed by atoms with Crippen LogP contribution in [0.2, 0.25) is 0 Å². The van der Waals surface area contributed by atoms with E-state index in [2.05, 4.69) is 21.9 Å². The Kier molecular flexibility index (Phi) is 3.69. The fraction of sp³-hybridized carbons (Fsp3) is 0.467. The summed E-state index contributed by atoms with van der Waals surface area (Å²) in [7, 11) is 3.80.